The molecule has 242 valence electrons. The van der Waals surface area contributed by atoms with Crippen molar-refractivity contribution in [3.05, 3.63) is 187 Å². The summed E-state index contributed by atoms with van der Waals surface area (Å²) in [5, 5.41) is 4.75. The second-order valence-corrected chi connectivity index (χ2v) is 14.1. The predicted molar refractivity (Wildman–Crippen MR) is 214 cm³/mol. The van der Waals surface area contributed by atoms with Crippen molar-refractivity contribution in [3.63, 3.8) is 0 Å². The van der Waals surface area contributed by atoms with Gasteiger partial charge in [-0.2, -0.15) is 0 Å². The van der Waals surface area contributed by atoms with Gasteiger partial charge < -0.3 is 9.32 Å². The van der Waals surface area contributed by atoms with Crippen LogP contribution in [0.3, 0.4) is 0 Å². The Morgan fingerprint density at radius 3 is 1.61 bits per heavy atom. The topological polar surface area (TPSA) is 16.4 Å². The van der Waals surface area contributed by atoms with Gasteiger partial charge in [0, 0.05) is 27.7 Å². The zero-order chi connectivity index (χ0) is 34.1. The Bertz CT molecular complexity index is 2660. The van der Waals surface area contributed by atoms with Crippen LogP contribution in [0.25, 0.3) is 66.1 Å². The molecule has 0 aliphatic heterocycles. The molecule has 9 aromatic rings. The highest BCUT2D eigenvalue weighted by molar-refractivity contribution is 6.21. The standard InChI is InChI=1S/C49H35NO/c1-49(2)41-30-25-36-17-9-10-18-39(36)45(41)47-42(49)31-43(46-40-19-11-12-20-44(40)51-48(46)47)50(37-26-21-34(22-27-37)32-13-5-3-6-14-32)38-28-23-35(24-29-38)33-15-7-4-8-16-33/h3-31H,1-2H3. The zero-order valence-electron chi connectivity index (χ0n) is 28.6. The van der Waals surface area contributed by atoms with Crippen LogP contribution >= 0.6 is 0 Å². The van der Waals surface area contributed by atoms with Crippen molar-refractivity contribution in [1.29, 1.82) is 0 Å². The molecule has 1 aliphatic rings. The van der Waals surface area contributed by atoms with Crippen LogP contribution in [0.4, 0.5) is 17.1 Å². The lowest BCUT2D eigenvalue weighted by Crippen LogP contribution is -2.17. The largest absolute Gasteiger partial charge is 0.455 e. The molecule has 0 amide bonds. The Morgan fingerprint density at radius 2 is 0.980 bits per heavy atom. The monoisotopic (exact) mass is 653 g/mol. The normalized spacial score (nSPS) is 13.1. The number of hydrogen-bond donors (Lipinski definition) is 0. The van der Waals surface area contributed by atoms with Crippen molar-refractivity contribution < 1.29 is 4.42 Å². The van der Waals surface area contributed by atoms with Crippen LogP contribution in [0.5, 0.6) is 0 Å². The average Bonchev–Trinajstić information content (AvgIpc) is 3.69. The molecule has 0 spiro atoms. The number of rotatable bonds is 5. The van der Waals surface area contributed by atoms with E-state index in [9.17, 15) is 0 Å². The first-order valence-corrected chi connectivity index (χ1v) is 17.7. The Morgan fingerprint density at radius 1 is 0.451 bits per heavy atom. The third kappa shape index (κ3) is 4.57. The molecule has 0 saturated heterocycles. The van der Waals surface area contributed by atoms with Gasteiger partial charge in [0.1, 0.15) is 11.2 Å². The minimum Gasteiger partial charge on any atom is -0.455 e. The lowest BCUT2D eigenvalue weighted by atomic mass is 9.81. The van der Waals surface area contributed by atoms with E-state index in [2.05, 4.69) is 195 Å². The molecule has 10 rings (SSSR count). The summed E-state index contributed by atoms with van der Waals surface area (Å²) in [5.74, 6) is 0. The lowest BCUT2D eigenvalue weighted by molar-refractivity contribution is 0.653. The van der Waals surface area contributed by atoms with Gasteiger partial charge >= 0.3 is 0 Å². The van der Waals surface area contributed by atoms with Crippen molar-refractivity contribution in [2.45, 2.75) is 19.3 Å². The fraction of sp³-hybridized carbons (Fsp3) is 0.0612. The van der Waals surface area contributed by atoms with Crippen molar-refractivity contribution in [2.75, 3.05) is 4.90 Å². The fourth-order valence-corrected chi connectivity index (χ4v) is 8.30. The summed E-state index contributed by atoms with van der Waals surface area (Å²) in [6.45, 7) is 4.72. The van der Waals surface area contributed by atoms with Gasteiger partial charge in [-0.05, 0) is 86.1 Å². The first kappa shape index (κ1) is 29.5. The molecule has 0 atom stereocenters. The maximum Gasteiger partial charge on any atom is 0.145 e. The number of fused-ring (bicyclic) bond motifs is 9. The SMILES string of the molecule is CC1(C)c2ccc3ccccc3c2-c2c1cc(N(c1ccc(-c3ccccc3)cc1)c1ccc(-c3ccccc3)cc1)c1c2oc2ccccc21. The van der Waals surface area contributed by atoms with Gasteiger partial charge in [-0.1, -0.05) is 153 Å². The smallest absolute Gasteiger partial charge is 0.145 e. The molecule has 8 aromatic carbocycles. The van der Waals surface area contributed by atoms with Gasteiger partial charge in [0.05, 0.1) is 11.1 Å². The maximum absolute atomic E-state index is 6.98. The lowest BCUT2D eigenvalue weighted by Gasteiger charge is -2.29. The van der Waals surface area contributed by atoms with Crippen LogP contribution in [0, 0.1) is 0 Å². The Hall–Kier alpha value is -6.38. The fourth-order valence-electron chi connectivity index (χ4n) is 8.30. The van der Waals surface area contributed by atoms with E-state index in [1.807, 2.05) is 0 Å². The van der Waals surface area contributed by atoms with E-state index in [-0.39, 0.29) is 5.41 Å². The predicted octanol–water partition coefficient (Wildman–Crippen LogP) is 13.8. The molecule has 1 aromatic heterocycles. The second kappa shape index (κ2) is 11.3. The van der Waals surface area contributed by atoms with Crippen molar-refractivity contribution in [3.8, 4) is 33.4 Å². The number of anilines is 3. The third-order valence-corrected chi connectivity index (χ3v) is 10.9. The third-order valence-electron chi connectivity index (χ3n) is 10.9. The van der Waals surface area contributed by atoms with Crippen LogP contribution < -0.4 is 4.90 Å². The molecular weight excluding hydrogens is 619 g/mol. The number of benzene rings is 8. The Balaban J connectivity index is 1.26. The summed E-state index contributed by atoms with van der Waals surface area (Å²) in [6.07, 6.45) is 0. The molecule has 1 heterocycles. The van der Waals surface area contributed by atoms with Crippen molar-refractivity contribution >= 4 is 49.8 Å². The van der Waals surface area contributed by atoms with E-state index in [0.717, 1.165) is 39.0 Å². The average molecular weight is 654 g/mol. The molecule has 1 aliphatic carbocycles. The van der Waals surface area contributed by atoms with Crippen LogP contribution in [0.1, 0.15) is 25.0 Å². The molecule has 0 fully saturated rings. The second-order valence-electron chi connectivity index (χ2n) is 14.1. The minimum atomic E-state index is -0.239. The summed E-state index contributed by atoms with van der Waals surface area (Å²) in [5.41, 5.74) is 14.8. The molecule has 0 unspecified atom stereocenters. The molecule has 0 bridgehead atoms. The maximum atomic E-state index is 6.98. The van der Waals surface area contributed by atoms with E-state index < -0.39 is 0 Å². The molecule has 0 saturated carbocycles. The van der Waals surface area contributed by atoms with Crippen molar-refractivity contribution in [1.82, 2.24) is 0 Å². The molecule has 2 nitrogen and oxygen atoms in total. The van der Waals surface area contributed by atoms with Crippen LogP contribution in [0.2, 0.25) is 0 Å². The Labute approximate surface area is 297 Å². The van der Waals surface area contributed by atoms with Gasteiger partial charge in [-0.3, -0.25) is 0 Å². The summed E-state index contributed by atoms with van der Waals surface area (Å²) >= 11 is 0. The quantitative estimate of drug-likeness (QED) is 0.184. The number of para-hydroxylation sites is 1. The Kier molecular flexibility index (Phi) is 6.56. The van der Waals surface area contributed by atoms with E-state index >= 15 is 0 Å². The van der Waals surface area contributed by atoms with E-state index in [1.54, 1.807) is 0 Å². The van der Waals surface area contributed by atoms with Gasteiger partial charge in [0.2, 0.25) is 0 Å². The first-order valence-electron chi connectivity index (χ1n) is 17.7. The number of furan rings is 1. The van der Waals surface area contributed by atoms with E-state index in [4.69, 9.17) is 4.42 Å². The van der Waals surface area contributed by atoms with Gasteiger partial charge in [0.25, 0.3) is 0 Å². The molecular formula is C49H35NO. The van der Waals surface area contributed by atoms with E-state index in [0.29, 0.717) is 0 Å². The number of nitrogens with zero attached hydrogens (tertiary/aromatic N) is 1. The highest BCUT2D eigenvalue weighted by Gasteiger charge is 2.40. The van der Waals surface area contributed by atoms with Crippen LogP contribution in [-0.4, -0.2) is 0 Å². The summed E-state index contributed by atoms with van der Waals surface area (Å²) < 4.78 is 6.98. The van der Waals surface area contributed by atoms with Gasteiger partial charge in [-0.15, -0.1) is 0 Å². The summed E-state index contributed by atoms with van der Waals surface area (Å²) in [7, 11) is 0. The van der Waals surface area contributed by atoms with Crippen LogP contribution in [0.15, 0.2) is 180 Å². The molecule has 51 heavy (non-hydrogen) atoms. The van der Waals surface area contributed by atoms with Gasteiger partial charge in [-0.25, -0.2) is 0 Å². The zero-order valence-corrected chi connectivity index (χ0v) is 28.6. The molecule has 2 heteroatoms. The summed E-state index contributed by atoms with van der Waals surface area (Å²) in [6, 6.07) is 63.4. The van der Waals surface area contributed by atoms with Crippen molar-refractivity contribution in [2.24, 2.45) is 0 Å². The molecule has 0 N–H and O–H groups in total. The first-order chi connectivity index (χ1) is 25.1. The molecule has 0 radical (unpaired) electrons. The minimum absolute atomic E-state index is 0.239. The number of hydrogen-bond acceptors (Lipinski definition) is 2. The summed E-state index contributed by atoms with van der Waals surface area (Å²) in [4.78, 5) is 2.42. The van der Waals surface area contributed by atoms with E-state index in [1.165, 1.54) is 55.3 Å². The van der Waals surface area contributed by atoms with Crippen LogP contribution in [-0.2, 0) is 5.41 Å². The highest BCUT2D eigenvalue weighted by atomic mass is 16.3. The highest BCUT2D eigenvalue weighted by Crippen LogP contribution is 2.57. The van der Waals surface area contributed by atoms with Gasteiger partial charge in [0.15, 0.2) is 0 Å².